The normalized spacial score (nSPS) is 20.4. The van der Waals surface area contributed by atoms with Crippen molar-refractivity contribution in [3.8, 4) is 17.2 Å². The molecule has 0 bridgehead atoms. The number of rotatable bonds is 8. The van der Waals surface area contributed by atoms with Crippen molar-refractivity contribution in [3.05, 3.63) is 78.4 Å². The molecule has 2 N–H and O–H groups in total. The molecule has 3 aliphatic rings. The maximum Gasteiger partial charge on any atom is 0.323 e. The van der Waals surface area contributed by atoms with Gasteiger partial charge >= 0.3 is 6.03 Å². The molecule has 3 fully saturated rings. The van der Waals surface area contributed by atoms with Crippen LogP contribution in [0.15, 0.2) is 67.3 Å². The lowest BCUT2D eigenvalue weighted by molar-refractivity contribution is 0.00746. The molecule has 0 unspecified atom stereocenters. The molecule has 49 heavy (non-hydrogen) atoms. The summed E-state index contributed by atoms with van der Waals surface area (Å²) in [4.78, 5) is 32.1. The van der Waals surface area contributed by atoms with Crippen LogP contribution < -0.4 is 20.4 Å². The smallest absolute Gasteiger partial charge is 0.323 e. The molecule has 7 rings (SSSR count). The standard InChI is InChI=1S/C37H44N10O2/c1-45-25-30(24-42-45)28-8-13-33(39-22-28)47(36(48)41-21-27-6-3-2-4-7-27)32-11-9-31(10-12-32)43-35-40-23-29(20-38)34(44-35)46-17-5-14-37(26-46)15-18-49-19-16-37/h2-4,6-8,13,22-25,31-32H,5,9-12,14-19,21,26H2,1H3,(H,41,48)(H,40,43,44)/t31-,32-. The van der Waals surface area contributed by atoms with Gasteiger partial charge in [-0.3, -0.25) is 9.58 Å². The molecule has 1 aromatic carbocycles. The summed E-state index contributed by atoms with van der Waals surface area (Å²) < 4.78 is 7.42. The zero-order chi connectivity index (χ0) is 33.6. The van der Waals surface area contributed by atoms with E-state index in [9.17, 15) is 10.1 Å². The number of amides is 2. The van der Waals surface area contributed by atoms with Crippen LogP contribution in [0, 0.1) is 16.7 Å². The Balaban J connectivity index is 1.04. The molecule has 1 spiro atoms. The minimum atomic E-state index is -0.161. The Kier molecular flexibility index (Phi) is 9.70. The number of aromatic nitrogens is 5. The average Bonchev–Trinajstić information content (AvgIpc) is 3.58. The molecule has 3 aromatic heterocycles. The van der Waals surface area contributed by atoms with Gasteiger partial charge in [-0.05, 0) is 74.5 Å². The van der Waals surface area contributed by atoms with Crippen LogP contribution in [0.2, 0.25) is 0 Å². The first kappa shape index (κ1) is 32.5. The van der Waals surface area contributed by atoms with Crippen molar-refractivity contribution in [3.63, 3.8) is 0 Å². The third-order valence-corrected chi connectivity index (χ3v) is 10.3. The van der Waals surface area contributed by atoms with Crippen molar-refractivity contribution in [2.24, 2.45) is 12.5 Å². The number of hydrogen-bond donors (Lipinski definition) is 2. The highest BCUT2D eigenvalue weighted by molar-refractivity contribution is 5.91. The van der Waals surface area contributed by atoms with Crippen LogP contribution in [0.5, 0.6) is 0 Å². The molecule has 1 aliphatic carbocycles. The van der Waals surface area contributed by atoms with Crippen LogP contribution in [0.3, 0.4) is 0 Å². The molecule has 4 aromatic rings. The van der Waals surface area contributed by atoms with Crippen LogP contribution >= 0.6 is 0 Å². The number of pyridine rings is 1. The van der Waals surface area contributed by atoms with E-state index in [1.165, 1.54) is 6.42 Å². The summed E-state index contributed by atoms with van der Waals surface area (Å²) in [6, 6.07) is 16.1. The highest BCUT2D eigenvalue weighted by Gasteiger charge is 2.38. The second-order valence-electron chi connectivity index (χ2n) is 13.7. The van der Waals surface area contributed by atoms with Gasteiger partial charge in [-0.1, -0.05) is 30.3 Å². The van der Waals surface area contributed by atoms with Crippen molar-refractivity contribution < 1.29 is 9.53 Å². The molecule has 1 saturated carbocycles. The second kappa shape index (κ2) is 14.6. The lowest BCUT2D eigenvalue weighted by Crippen LogP contribution is -2.49. The van der Waals surface area contributed by atoms with E-state index in [2.05, 4.69) is 31.7 Å². The van der Waals surface area contributed by atoms with E-state index in [4.69, 9.17) is 14.7 Å². The average molecular weight is 661 g/mol. The zero-order valence-corrected chi connectivity index (χ0v) is 28.1. The lowest BCUT2D eigenvalue weighted by atomic mass is 9.74. The van der Waals surface area contributed by atoms with Crippen LogP contribution in [0.25, 0.3) is 11.1 Å². The molecule has 5 heterocycles. The SMILES string of the molecule is Cn1cc(-c2ccc(N(C(=O)NCc3ccccc3)[C@H]3CC[C@H](Nc4ncc(C#N)c(N5CCCC6(CCOCC6)C5)n4)CC3)nc2)cn1. The first-order valence-electron chi connectivity index (χ1n) is 17.4. The Morgan fingerprint density at radius 1 is 1.02 bits per heavy atom. The van der Waals surface area contributed by atoms with Crippen molar-refractivity contribution in [1.82, 2.24) is 30.0 Å². The number of urea groups is 1. The van der Waals surface area contributed by atoms with Gasteiger partial charge in [0.15, 0.2) is 5.82 Å². The van der Waals surface area contributed by atoms with Crippen LogP contribution in [0.4, 0.5) is 22.4 Å². The largest absolute Gasteiger partial charge is 0.381 e. The van der Waals surface area contributed by atoms with E-state index in [-0.39, 0.29) is 23.5 Å². The summed E-state index contributed by atoms with van der Waals surface area (Å²) in [5.74, 6) is 1.90. The Morgan fingerprint density at radius 2 is 1.84 bits per heavy atom. The molecular weight excluding hydrogens is 616 g/mol. The summed E-state index contributed by atoms with van der Waals surface area (Å²) in [5, 5.41) is 20.9. The number of nitriles is 1. The van der Waals surface area contributed by atoms with Crippen LogP contribution in [0.1, 0.15) is 62.5 Å². The fraction of sp³-hybridized carbons (Fsp3) is 0.459. The van der Waals surface area contributed by atoms with Gasteiger partial charge in [-0.2, -0.15) is 15.3 Å². The quantitative estimate of drug-likeness (QED) is 0.245. The predicted octanol–water partition coefficient (Wildman–Crippen LogP) is 5.68. The Bertz CT molecular complexity index is 1750. The summed E-state index contributed by atoms with van der Waals surface area (Å²) in [5.41, 5.74) is 3.71. The van der Waals surface area contributed by atoms with Gasteiger partial charge in [0.2, 0.25) is 5.95 Å². The van der Waals surface area contributed by atoms with Gasteiger partial charge in [0.05, 0.1) is 12.4 Å². The first-order valence-corrected chi connectivity index (χ1v) is 17.4. The Labute approximate surface area is 287 Å². The molecule has 12 nitrogen and oxygen atoms in total. The molecule has 254 valence electrons. The molecular formula is C37H44N10O2. The maximum atomic E-state index is 13.8. The first-order chi connectivity index (χ1) is 24.0. The third-order valence-electron chi connectivity index (χ3n) is 10.3. The zero-order valence-electron chi connectivity index (χ0n) is 28.1. The number of piperidine rings is 1. The summed E-state index contributed by atoms with van der Waals surface area (Å²) in [6.07, 6.45) is 14.9. The maximum absolute atomic E-state index is 13.8. The highest BCUT2D eigenvalue weighted by Crippen LogP contribution is 2.41. The number of ether oxygens (including phenoxy) is 1. The number of hydrogen-bond acceptors (Lipinski definition) is 9. The summed E-state index contributed by atoms with van der Waals surface area (Å²) >= 11 is 0. The summed E-state index contributed by atoms with van der Waals surface area (Å²) in [7, 11) is 1.89. The molecule has 12 heteroatoms. The minimum Gasteiger partial charge on any atom is -0.381 e. The van der Waals surface area contributed by atoms with Crippen molar-refractivity contribution in [2.75, 3.05) is 41.4 Å². The van der Waals surface area contributed by atoms with Gasteiger partial charge in [0.25, 0.3) is 0 Å². The topological polar surface area (TPSA) is 137 Å². The van der Waals surface area contributed by atoms with Crippen LogP contribution in [-0.4, -0.2) is 69.2 Å². The number of benzene rings is 1. The summed E-state index contributed by atoms with van der Waals surface area (Å²) in [6.45, 7) is 3.82. The number of nitrogens with one attached hydrogen (secondary N) is 2. The van der Waals surface area contributed by atoms with E-state index in [0.29, 0.717) is 23.9 Å². The number of carbonyl (C=O) groups excluding carboxylic acids is 1. The van der Waals surface area contributed by atoms with Crippen molar-refractivity contribution in [2.45, 2.75) is 70.0 Å². The third kappa shape index (κ3) is 7.52. The van der Waals surface area contributed by atoms with E-state index >= 15 is 0 Å². The second-order valence-corrected chi connectivity index (χ2v) is 13.7. The van der Waals surface area contributed by atoms with E-state index in [1.54, 1.807) is 10.9 Å². The van der Waals surface area contributed by atoms with E-state index in [1.807, 2.05) is 73.0 Å². The Morgan fingerprint density at radius 3 is 2.55 bits per heavy atom. The fourth-order valence-electron chi connectivity index (χ4n) is 7.61. The van der Waals surface area contributed by atoms with Crippen molar-refractivity contribution in [1.29, 1.82) is 5.26 Å². The minimum absolute atomic E-state index is 0.0213. The number of aryl methyl sites for hydroxylation is 1. The van der Waals surface area contributed by atoms with Crippen molar-refractivity contribution >= 4 is 23.6 Å². The number of anilines is 3. The molecule has 0 radical (unpaired) electrons. The number of carbonyl (C=O) groups is 1. The van der Waals surface area contributed by atoms with E-state index in [0.717, 1.165) is 93.8 Å². The Hall–Kier alpha value is -5.02. The highest BCUT2D eigenvalue weighted by atomic mass is 16.5. The molecule has 2 aliphatic heterocycles. The van der Waals surface area contributed by atoms with Gasteiger partial charge in [0.1, 0.15) is 17.5 Å². The number of nitrogens with zero attached hydrogens (tertiary/aromatic N) is 8. The van der Waals surface area contributed by atoms with Gasteiger partial charge in [-0.15, -0.1) is 0 Å². The predicted molar refractivity (Wildman–Crippen MR) is 188 cm³/mol. The molecule has 2 amide bonds. The van der Waals surface area contributed by atoms with Gasteiger partial charge in [-0.25, -0.2) is 14.8 Å². The van der Waals surface area contributed by atoms with Crippen LogP contribution in [-0.2, 0) is 18.3 Å². The molecule has 0 atom stereocenters. The fourth-order valence-corrected chi connectivity index (χ4v) is 7.61. The van der Waals surface area contributed by atoms with E-state index < -0.39 is 0 Å². The monoisotopic (exact) mass is 660 g/mol. The lowest BCUT2D eigenvalue weighted by Gasteiger charge is -2.45. The van der Waals surface area contributed by atoms with Gasteiger partial charge < -0.3 is 20.3 Å². The van der Waals surface area contributed by atoms with Gasteiger partial charge in [0, 0.05) is 75.5 Å². The molecule has 2 saturated heterocycles.